The summed E-state index contributed by atoms with van der Waals surface area (Å²) in [4.78, 5) is 28.2. The maximum absolute atomic E-state index is 13.7. The Labute approximate surface area is 213 Å². The Morgan fingerprint density at radius 2 is 1.69 bits per heavy atom. The monoisotopic (exact) mass is 523 g/mol. The van der Waals surface area contributed by atoms with E-state index in [9.17, 15) is 18.0 Å². The number of nitrogens with one attached hydrogen (secondary N) is 1. The third-order valence-corrected chi connectivity index (χ3v) is 6.73. The number of ether oxygens (including phenoxy) is 1. The van der Waals surface area contributed by atoms with Gasteiger partial charge in [0.25, 0.3) is 0 Å². The number of rotatable bonds is 10. The standard InChI is InChI=1S/C25H34ClN3O5S/c1-7-22(24(31)27-25(2,3)4)28(16-18-10-8-9-11-21(18)26)23(30)17-29(35(6,32)33)19-12-14-20(34-5)15-13-19/h8-15,22H,7,16-17H2,1-6H3,(H,27,31). The predicted octanol–water partition coefficient (Wildman–Crippen LogP) is 3.84. The van der Waals surface area contributed by atoms with Crippen molar-refractivity contribution in [1.82, 2.24) is 10.2 Å². The zero-order chi connectivity index (χ0) is 26.4. The Kier molecular flexibility index (Phi) is 9.57. The summed E-state index contributed by atoms with van der Waals surface area (Å²) in [6.07, 6.45) is 1.37. The molecule has 0 radical (unpaired) electrons. The molecular formula is C25H34ClN3O5S. The summed E-state index contributed by atoms with van der Waals surface area (Å²) in [6, 6.07) is 12.6. The quantitative estimate of drug-likeness (QED) is 0.510. The molecule has 192 valence electrons. The summed E-state index contributed by atoms with van der Waals surface area (Å²) < 4.78 is 31.4. The first kappa shape index (κ1) is 28.5. The molecule has 0 aliphatic carbocycles. The van der Waals surface area contributed by atoms with E-state index in [2.05, 4.69) is 5.32 Å². The van der Waals surface area contributed by atoms with Crippen molar-refractivity contribution in [3.8, 4) is 5.75 Å². The second-order valence-corrected chi connectivity index (χ2v) is 11.6. The first-order valence-electron chi connectivity index (χ1n) is 11.2. The average molecular weight is 524 g/mol. The van der Waals surface area contributed by atoms with Crippen LogP contribution in [0.25, 0.3) is 0 Å². The van der Waals surface area contributed by atoms with Gasteiger partial charge in [0, 0.05) is 17.1 Å². The van der Waals surface area contributed by atoms with Crippen molar-refractivity contribution in [1.29, 1.82) is 0 Å². The van der Waals surface area contributed by atoms with Gasteiger partial charge in [0.05, 0.1) is 19.1 Å². The summed E-state index contributed by atoms with van der Waals surface area (Å²) in [5, 5.41) is 3.37. The Bertz CT molecular complexity index is 1130. The van der Waals surface area contributed by atoms with E-state index in [1.54, 1.807) is 55.5 Å². The van der Waals surface area contributed by atoms with Crippen molar-refractivity contribution in [3.05, 3.63) is 59.1 Å². The molecule has 0 saturated carbocycles. The fraction of sp³-hybridized carbons (Fsp3) is 0.440. The lowest BCUT2D eigenvalue weighted by Gasteiger charge is -2.34. The second-order valence-electron chi connectivity index (χ2n) is 9.24. The van der Waals surface area contributed by atoms with Gasteiger partial charge in [-0.2, -0.15) is 0 Å². The number of anilines is 1. The molecule has 1 atom stereocenters. The van der Waals surface area contributed by atoms with Crippen LogP contribution in [0.2, 0.25) is 5.02 Å². The zero-order valence-corrected chi connectivity index (χ0v) is 22.6. The van der Waals surface area contributed by atoms with E-state index in [-0.39, 0.29) is 12.5 Å². The highest BCUT2D eigenvalue weighted by Gasteiger charge is 2.33. The van der Waals surface area contributed by atoms with Gasteiger partial charge in [-0.3, -0.25) is 13.9 Å². The molecule has 35 heavy (non-hydrogen) atoms. The molecular weight excluding hydrogens is 490 g/mol. The van der Waals surface area contributed by atoms with Crippen LogP contribution in [0.5, 0.6) is 5.75 Å². The minimum absolute atomic E-state index is 0.0504. The van der Waals surface area contributed by atoms with Crippen LogP contribution >= 0.6 is 11.6 Å². The van der Waals surface area contributed by atoms with Gasteiger partial charge in [0.2, 0.25) is 21.8 Å². The van der Waals surface area contributed by atoms with Crippen molar-refractivity contribution in [2.75, 3.05) is 24.2 Å². The molecule has 2 amide bonds. The molecule has 0 spiro atoms. The highest BCUT2D eigenvalue weighted by atomic mass is 35.5. The molecule has 10 heteroatoms. The maximum atomic E-state index is 13.7. The van der Waals surface area contributed by atoms with Crippen LogP contribution in [0, 0.1) is 0 Å². The van der Waals surface area contributed by atoms with E-state index in [4.69, 9.17) is 16.3 Å². The second kappa shape index (κ2) is 11.8. The van der Waals surface area contributed by atoms with E-state index in [0.29, 0.717) is 28.4 Å². The van der Waals surface area contributed by atoms with E-state index in [1.807, 2.05) is 20.8 Å². The first-order valence-corrected chi connectivity index (χ1v) is 13.5. The van der Waals surface area contributed by atoms with E-state index < -0.39 is 34.1 Å². The van der Waals surface area contributed by atoms with Crippen molar-refractivity contribution < 1.29 is 22.7 Å². The normalized spacial score (nSPS) is 12.5. The number of methoxy groups -OCH3 is 1. The molecule has 0 saturated heterocycles. The predicted molar refractivity (Wildman–Crippen MR) is 139 cm³/mol. The van der Waals surface area contributed by atoms with Crippen LogP contribution in [0.4, 0.5) is 5.69 Å². The Morgan fingerprint density at radius 1 is 1.09 bits per heavy atom. The van der Waals surface area contributed by atoms with Crippen LogP contribution in [0.1, 0.15) is 39.7 Å². The maximum Gasteiger partial charge on any atom is 0.244 e. The number of hydrogen-bond donors (Lipinski definition) is 1. The van der Waals surface area contributed by atoms with Gasteiger partial charge in [0.1, 0.15) is 18.3 Å². The Morgan fingerprint density at radius 3 is 2.17 bits per heavy atom. The van der Waals surface area contributed by atoms with Gasteiger partial charge in [-0.25, -0.2) is 8.42 Å². The Hall–Kier alpha value is -2.78. The summed E-state index contributed by atoms with van der Waals surface area (Å²) in [7, 11) is -2.30. The van der Waals surface area contributed by atoms with Crippen molar-refractivity contribution in [3.63, 3.8) is 0 Å². The summed E-state index contributed by atoms with van der Waals surface area (Å²) in [6.45, 7) is 6.94. The molecule has 2 aromatic rings. The molecule has 1 N–H and O–H groups in total. The topological polar surface area (TPSA) is 96.0 Å². The molecule has 2 rings (SSSR count). The molecule has 0 heterocycles. The summed E-state index contributed by atoms with van der Waals surface area (Å²) in [5.74, 6) is -0.295. The lowest BCUT2D eigenvalue weighted by atomic mass is 10.1. The van der Waals surface area contributed by atoms with Crippen LogP contribution in [-0.2, 0) is 26.2 Å². The summed E-state index contributed by atoms with van der Waals surface area (Å²) in [5.41, 5.74) is 0.456. The number of benzene rings is 2. The highest BCUT2D eigenvalue weighted by molar-refractivity contribution is 7.92. The average Bonchev–Trinajstić information content (AvgIpc) is 2.76. The highest BCUT2D eigenvalue weighted by Crippen LogP contribution is 2.24. The van der Waals surface area contributed by atoms with Gasteiger partial charge in [-0.15, -0.1) is 0 Å². The Balaban J connectivity index is 2.46. The number of hydrogen-bond acceptors (Lipinski definition) is 5. The third-order valence-electron chi connectivity index (χ3n) is 5.22. The number of carbonyl (C=O) groups is 2. The van der Waals surface area contributed by atoms with Gasteiger partial charge in [-0.1, -0.05) is 36.7 Å². The minimum Gasteiger partial charge on any atom is -0.497 e. The fourth-order valence-electron chi connectivity index (χ4n) is 3.54. The molecule has 0 aliphatic heterocycles. The van der Waals surface area contributed by atoms with Crippen LogP contribution < -0.4 is 14.4 Å². The fourth-order valence-corrected chi connectivity index (χ4v) is 4.59. The molecule has 1 unspecified atom stereocenters. The SMILES string of the molecule is CCC(C(=O)NC(C)(C)C)N(Cc1ccccc1Cl)C(=O)CN(c1ccc(OC)cc1)S(C)(=O)=O. The molecule has 0 bridgehead atoms. The van der Waals surface area contributed by atoms with Gasteiger partial charge < -0.3 is 15.0 Å². The molecule has 2 aromatic carbocycles. The van der Waals surface area contributed by atoms with Crippen molar-refractivity contribution in [2.24, 2.45) is 0 Å². The lowest BCUT2D eigenvalue weighted by molar-refractivity contribution is -0.141. The zero-order valence-electron chi connectivity index (χ0n) is 21.0. The molecule has 0 aliphatic rings. The minimum atomic E-state index is -3.81. The van der Waals surface area contributed by atoms with E-state index in [0.717, 1.165) is 10.6 Å². The van der Waals surface area contributed by atoms with E-state index >= 15 is 0 Å². The lowest BCUT2D eigenvalue weighted by Crippen LogP contribution is -2.55. The number of sulfonamides is 1. The van der Waals surface area contributed by atoms with Gasteiger partial charge >= 0.3 is 0 Å². The van der Waals surface area contributed by atoms with Gasteiger partial charge in [0.15, 0.2) is 0 Å². The summed E-state index contributed by atoms with van der Waals surface area (Å²) >= 11 is 6.35. The number of carbonyl (C=O) groups excluding carboxylic acids is 2. The van der Waals surface area contributed by atoms with Crippen LogP contribution in [0.15, 0.2) is 48.5 Å². The molecule has 0 aromatic heterocycles. The van der Waals surface area contributed by atoms with Crippen LogP contribution in [-0.4, -0.2) is 56.6 Å². The smallest absolute Gasteiger partial charge is 0.244 e. The number of nitrogens with zero attached hydrogens (tertiary/aromatic N) is 2. The van der Waals surface area contributed by atoms with Crippen molar-refractivity contribution in [2.45, 2.75) is 52.2 Å². The van der Waals surface area contributed by atoms with Gasteiger partial charge in [-0.05, 0) is 63.1 Å². The number of halogens is 1. The van der Waals surface area contributed by atoms with E-state index in [1.165, 1.54) is 12.0 Å². The number of amides is 2. The molecule has 0 fully saturated rings. The largest absolute Gasteiger partial charge is 0.497 e. The van der Waals surface area contributed by atoms with Crippen molar-refractivity contribution >= 4 is 39.1 Å². The van der Waals surface area contributed by atoms with Crippen LogP contribution in [0.3, 0.4) is 0 Å². The molecule has 8 nitrogen and oxygen atoms in total. The third kappa shape index (κ3) is 8.14. The first-order chi connectivity index (χ1) is 16.3.